The van der Waals surface area contributed by atoms with E-state index in [9.17, 15) is 0 Å². The molecule has 1 atom stereocenters. The highest BCUT2D eigenvalue weighted by Crippen LogP contribution is 2.43. The van der Waals surface area contributed by atoms with Crippen molar-refractivity contribution >= 4 is 8.32 Å². The van der Waals surface area contributed by atoms with Gasteiger partial charge in [0.2, 0.25) is 0 Å². The van der Waals surface area contributed by atoms with Crippen molar-refractivity contribution in [1.29, 1.82) is 0 Å². The van der Waals surface area contributed by atoms with Crippen LogP contribution in [-0.4, -0.2) is 13.9 Å². The molecule has 104 valence electrons. The van der Waals surface area contributed by atoms with E-state index >= 15 is 0 Å². The number of hydrogen-bond donors (Lipinski definition) is 0. The third-order valence-electron chi connectivity index (χ3n) is 4.59. The molecule has 0 fully saturated rings. The van der Waals surface area contributed by atoms with Crippen molar-refractivity contribution in [3.63, 3.8) is 0 Å². The lowest BCUT2D eigenvalue weighted by Crippen LogP contribution is -2.49. The van der Waals surface area contributed by atoms with Crippen LogP contribution in [0.15, 0.2) is 24.3 Å². The second kappa shape index (κ2) is 5.34. The molecule has 0 N–H and O–H groups in total. The Bertz CT molecular complexity index is 335. The molecule has 1 rings (SSSR count). The summed E-state index contributed by atoms with van der Waals surface area (Å²) in [6, 6.07) is 0. The SMILES string of the molecule is C=CC1=CCCCCC1(C)O[Si](C)(C)C(C)(C)C. The number of hydrogen-bond acceptors (Lipinski definition) is 1. The average molecular weight is 267 g/mol. The topological polar surface area (TPSA) is 9.23 Å². The van der Waals surface area contributed by atoms with Crippen molar-refractivity contribution < 1.29 is 4.43 Å². The lowest BCUT2D eigenvalue weighted by molar-refractivity contribution is 0.102. The summed E-state index contributed by atoms with van der Waals surface area (Å²) in [5, 5.41) is 0.259. The molecule has 2 heteroatoms. The molecule has 0 saturated carbocycles. The summed E-state index contributed by atoms with van der Waals surface area (Å²) in [4.78, 5) is 0. The number of rotatable bonds is 3. The van der Waals surface area contributed by atoms with Crippen LogP contribution in [0.25, 0.3) is 0 Å². The summed E-state index contributed by atoms with van der Waals surface area (Å²) in [5.74, 6) is 0. The van der Waals surface area contributed by atoms with Gasteiger partial charge in [0, 0.05) is 0 Å². The molecule has 0 aliphatic heterocycles. The molecule has 0 spiro atoms. The van der Waals surface area contributed by atoms with E-state index in [1.807, 2.05) is 6.08 Å². The van der Waals surface area contributed by atoms with Gasteiger partial charge in [0.05, 0.1) is 5.60 Å². The molecule has 0 heterocycles. The predicted molar refractivity (Wildman–Crippen MR) is 83.4 cm³/mol. The largest absolute Gasteiger partial charge is 0.408 e. The Balaban J connectivity index is 3.01. The zero-order valence-corrected chi connectivity index (χ0v) is 14.1. The van der Waals surface area contributed by atoms with Gasteiger partial charge >= 0.3 is 0 Å². The summed E-state index contributed by atoms with van der Waals surface area (Å²) in [5.41, 5.74) is 1.17. The Kier molecular flexibility index (Phi) is 4.66. The van der Waals surface area contributed by atoms with E-state index < -0.39 is 8.32 Å². The minimum atomic E-state index is -1.73. The summed E-state index contributed by atoms with van der Waals surface area (Å²) in [7, 11) is -1.73. The van der Waals surface area contributed by atoms with Crippen LogP contribution in [0.4, 0.5) is 0 Å². The van der Waals surface area contributed by atoms with Gasteiger partial charge in [-0.3, -0.25) is 0 Å². The molecular weight excluding hydrogens is 236 g/mol. The van der Waals surface area contributed by atoms with Crippen molar-refractivity contribution in [3.8, 4) is 0 Å². The summed E-state index contributed by atoms with van der Waals surface area (Å²) in [6.45, 7) is 17.8. The van der Waals surface area contributed by atoms with Gasteiger partial charge in [0.1, 0.15) is 0 Å². The maximum Gasteiger partial charge on any atom is 0.193 e. The first-order valence-corrected chi connectivity index (χ1v) is 10.1. The van der Waals surface area contributed by atoms with Crippen molar-refractivity contribution in [1.82, 2.24) is 0 Å². The van der Waals surface area contributed by atoms with Gasteiger partial charge in [-0.1, -0.05) is 39.5 Å². The fraction of sp³-hybridized carbons (Fsp3) is 0.750. The van der Waals surface area contributed by atoms with Gasteiger partial charge in [-0.25, -0.2) is 0 Å². The summed E-state index contributed by atoms with van der Waals surface area (Å²) < 4.78 is 6.71. The Morgan fingerprint density at radius 3 is 2.44 bits per heavy atom. The molecule has 0 saturated heterocycles. The van der Waals surface area contributed by atoms with Crippen molar-refractivity contribution in [2.24, 2.45) is 0 Å². The van der Waals surface area contributed by atoms with Crippen molar-refractivity contribution in [3.05, 3.63) is 24.3 Å². The Labute approximate surface area is 114 Å². The van der Waals surface area contributed by atoms with Gasteiger partial charge in [-0.15, -0.1) is 0 Å². The third-order valence-corrected chi connectivity index (χ3v) is 9.16. The fourth-order valence-corrected chi connectivity index (χ4v) is 4.00. The van der Waals surface area contributed by atoms with E-state index in [0.717, 1.165) is 12.8 Å². The second-order valence-electron chi connectivity index (χ2n) is 7.20. The normalized spacial score (nSPS) is 26.4. The van der Waals surface area contributed by atoms with Gasteiger partial charge in [-0.2, -0.15) is 0 Å². The Morgan fingerprint density at radius 2 is 1.94 bits per heavy atom. The molecule has 18 heavy (non-hydrogen) atoms. The second-order valence-corrected chi connectivity index (χ2v) is 11.9. The standard InChI is InChI=1S/C16H30OSi/c1-8-14-12-10-9-11-13-16(14,5)17-18(6,7)15(2,3)4/h8,12H,1,9-11,13H2,2-7H3. The monoisotopic (exact) mass is 266 g/mol. The lowest BCUT2D eigenvalue weighted by Gasteiger charge is -2.44. The fourth-order valence-electron chi connectivity index (χ4n) is 2.35. The quantitative estimate of drug-likeness (QED) is 0.617. The molecule has 1 unspecified atom stereocenters. The zero-order chi connectivity index (χ0) is 14.0. The molecule has 1 aliphatic carbocycles. The van der Waals surface area contributed by atoms with Gasteiger partial charge in [0.15, 0.2) is 8.32 Å². The molecule has 0 aromatic rings. The van der Waals surface area contributed by atoms with Crippen molar-refractivity contribution in [2.45, 2.75) is 77.1 Å². The van der Waals surface area contributed by atoms with E-state index in [0.29, 0.717) is 0 Å². The van der Waals surface area contributed by atoms with Crippen LogP contribution >= 0.6 is 0 Å². The first-order chi connectivity index (χ1) is 8.12. The van der Waals surface area contributed by atoms with Crippen LogP contribution in [0.5, 0.6) is 0 Å². The number of allylic oxidation sites excluding steroid dienone is 1. The minimum Gasteiger partial charge on any atom is -0.408 e. The van der Waals surface area contributed by atoms with Crippen LogP contribution in [0.1, 0.15) is 53.4 Å². The van der Waals surface area contributed by atoms with Crippen LogP contribution < -0.4 is 0 Å². The van der Waals surface area contributed by atoms with Crippen LogP contribution in [-0.2, 0) is 4.43 Å². The Hall–Kier alpha value is -0.343. The summed E-state index contributed by atoms with van der Waals surface area (Å²) >= 11 is 0. The maximum atomic E-state index is 6.71. The van der Waals surface area contributed by atoms with Crippen LogP contribution in [0.3, 0.4) is 0 Å². The highest BCUT2D eigenvalue weighted by atomic mass is 28.4. The van der Waals surface area contributed by atoms with Crippen molar-refractivity contribution in [2.75, 3.05) is 0 Å². The first kappa shape index (κ1) is 15.7. The van der Waals surface area contributed by atoms with Gasteiger partial charge in [-0.05, 0) is 56.3 Å². The highest BCUT2D eigenvalue weighted by Gasteiger charge is 2.43. The predicted octanol–water partition coefficient (Wildman–Crippen LogP) is 5.45. The molecule has 0 aromatic carbocycles. The van der Waals surface area contributed by atoms with E-state index in [1.165, 1.54) is 18.4 Å². The van der Waals surface area contributed by atoms with Crippen LogP contribution in [0, 0.1) is 0 Å². The molecule has 0 bridgehead atoms. The molecule has 1 aliphatic rings. The summed E-state index contributed by atoms with van der Waals surface area (Å²) in [6.07, 6.45) is 9.13. The lowest BCUT2D eigenvalue weighted by atomic mass is 9.92. The van der Waals surface area contributed by atoms with E-state index in [2.05, 4.69) is 53.4 Å². The molecule has 0 amide bonds. The Morgan fingerprint density at radius 1 is 1.33 bits per heavy atom. The highest BCUT2D eigenvalue weighted by molar-refractivity contribution is 6.74. The van der Waals surface area contributed by atoms with Crippen LogP contribution in [0.2, 0.25) is 18.1 Å². The average Bonchev–Trinajstić information content (AvgIpc) is 2.37. The first-order valence-electron chi connectivity index (χ1n) is 7.16. The smallest absolute Gasteiger partial charge is 0.193 e. The van der Waals surface area contributed by atoms with E-state index in [1.54, 1.807) is 0 Å². The zero-order valence-electron chi connectivity index (χ0n) is 13.1. The molecule has 0 aromatic heterocycles. The molecule has 0 radical (unpaired) electrons. The van der Waals surface area contributed by atoms with E-state index in [4.69, 9.17) is 4.43 Å². The van der Waals surface area contributed by atoms with E-state index in [-0.39, 0.29) is 10.6 Å². The molecule has 1 nitrogen and oxygen atoms in total. The minimum absolute atomic E-state index is 0.124. The third kappa shape index (κ3) is 3.36. The van der Waals surface area contributed by atoms with Gasteiger partial charge < -0.3 is 4.43 Å². The molecular formula is C16H30OSi. The van der Waals surface area contributed by atoms with Gasteiger partial charge in [0.25, 0.3) is 0 Å². The maximum absolute atomic E-state index is 6.71.